The van der Waals surface area contributed by atoms with Gasteiger partial charge >= 0.3 is 6.18 Å². The normalized spacial score (nSPS) is 13.1. The number of phenols is 1. The lowest BCUT2D eigenvalue weighted by molar-refractivity contribution is -0.138. The van der Waals surface area contributed by atoms with Gasteiger partial charge in [0.15, 0.2) is 0 Å². The lowest BCUT2D eigenvalue weighted by atomic mass is 10.0. The van der Waals surface area contributed by atoms with Crippen molar-refractivity contribution in [3.8, 4) is 5.75 Å². The van der Waals surface area contributed by atoms with Crippen LogP contribution < -0.4 is 5.73 Å². The van der Waals surface area contributed by atoms with Gasteiger partial charge < -0.3 is 10.8 Å². The summed E-state index contributed by atoms with van der Waals surface area (Å²) in [4.78, 5) is 0. The summed E-state index contributed by atoms with van der Waals surface area (Å²) in [7, 11) is 0. The molecule has 1 atom stereocenters. The Hall–Kier alpha value is 0.0200. The molecule has 2 nitrogen and oxygen atoms in total. The van der Waals surface area contributed by atoms with Gasteiger partial charge in [0.2, 0.25) is 0 Å². The zero-order valence-electron chi connectivity index (χ0n) is 8.26. The van der Waals surface area contributed by atoms with E-state index in [4.69, 9.17) is 5.73 Å². The maximum Gasteiger partial charge on any atom is 0.390 e. The second-order valence-corrected chi connectivity index (χ2v) is 5.02. The van der Waals surface area contributed by atoms with Crippen molar-refractivity contribution in [2.75, 3.05) is 0 Å². The van der Waals surface area contributed by atoms with E-state index in [1.165, 1.54) is 12.1 Å². The molecule has 0 unspecified atom stereocenters. The van der Waals surface area contributed by atoms with Crippen LogP contribution in [0.1, 0.15) is 18.0 Å². The Morgan fingerprint density at radius 1 is 1.29 bits per heavy atom. The Labute approximate surface area is 119 Å². The highest BCUT2D eigenvalue weighted by Crippen LogP contribution is 2.38. The largest absolute Gasteiger partial charge is 0.506 e. The summed E-state index contributed by atoms with van der Waals surface area (Å²) in [5.41, 5.74) is 5.45. The summed E-state index contributed by atoms with van der Waals surface area (Å²) < 4.78 is 37.3. The molecule has 0 amide bonds. The summed E-state index contributed by atoms with van der Waals surface area (Å²) in [5.74, 6) is -0.264. The number of hydrogen-bond donors (Lipinski definition) is 2. The van der Waals surface area contributed by atoms with Gasteiger partial charge in [0, 0.05) is 16.1 Å². The smallest absolute Gasteiger partial charge is 0.390 e. The van der Waals surface area contributed by atoms with Crippen LogP contribution in [0.2, 0.25) is 0 Å². The summed E-state index contributed by atoms with van der Waals surface area (Å²) in [6, 6.07) is 1.61. The van der Waals surface area contributed by atoms with E-state index < -0.39 is 18.6 Å². The van der Waals surface area contributed by atoms with E-state index in [0.717, 1.165) is 0 Å². The molecule has 0 bridgehead atoms. The summed E-state index contributed by atoms with van der Waals surface area (Å²) in [6.07, 6.45) is -5.54. The quantitative estimate of drug-likeness (QED) is 0.779. The van der Waals surface area contributed by atoms with E-state index in [1.54, 1.807) is 0 Å². The first kappa shape index (κ1) is 17.0. The highest BCUT2D eigenvalue weighted by atomic mass is 79.9. The molecule has 0 radical (unpaired) electrons. The number of nitrogens with two attached hydrogens (primary N) is 1. The minimum Gasteiger partial charge on any atom is -0.506 e. The molecule has 17 heavy (non-hydrogen) atoms. The van der Waals surface area contributed by atoms with Gasteiger partial charge in [-0.15, -0.1) is 12.4 Å². The van der Waals surface area contributed by atoms with Crippen LogP contribution in [0.4, 0.5) is 13.2 Å². The number of halogens is 6. The van der Waals surface area contributed by atoms with Gasteiger partial charge in [-0.05, 0) is 28.1 Å². The van der Waals surface area contributed by atoms with Gasteiger partial charge in [0.05, 0.1) is 10.9 Å². The van der Waals surface area contributed by atoms with Crippen molar-refractivity contribution in [2.45, 2.75) is 18.6 Å². The molecule has 1 rings (SSSR count). The molecule has 0 saturated carbocycles. The molecule has 0 spiro atoms. The fraction of sp³-hybridized carbons (Fsp3) is 0.333. The second-order valence-electron chi connectivity index (χ2n) is 3.25. The van der Waals surface area contributed by atoms with Crippen molar-refractivity contribution >= 4 is 44.3 Å². The maximum atomic E-state index is 12.1. The van der Waals surface area contributed by atoms with Crippen molar-refractivity contribution in [1.82, 2.24) is 0 Å². The lowest BCUT2D eigenvalue weighted by Crippen LogP contribution is -2.20. The highest BCUT2D eigenvalue weighted by Gasteiger charge is 2.32. The second kappa shape index (κ2) is 6.26. The molecule has 0 heterocycles. The first-order valence-corrected chi connectivity index (χ1v) is 5.79. The number of alkyl halides is 3. The highest BCUT2D eigenvalue weighted by molar-refractivity contribution is 9.11. The van der Waals surface area contributed by atoms with Crippen LogP contribution >= 0.6 is 44.3 Å². The van der Waals surface area contributed by atoms with Gasteiger partial charge in [-0.3, -0.25) is 0 Å². The van der Waals surface area contributed by atoms with E-state index >= 15 is 0 Å². The van der Waals surface area contributed by atoms with E-state index in [0.29, 0.717) is 8.95 Å². The fourth-order valence-corrected chi connectivity index (χ4v) is 2.49. The van der Waals surface area contributed by atoms with E-state index in [-0.39, 0.29) is 23.7 Å². The molecule has 1 aromatic rings. The van der Waals surface area contributed by atoms with Gasteiger partial charge in [0.1, 0.15) is 5.75 Å². The lowest BCUT2D eigenvalue weighted by Gasteiger charge is -2.16. The topological polar surface area (TPSA) is 46.2 Å². The third-order valence-corrected chi connectivity index (χ3v) is 2.97. The number of hydrogen-bond acceptors (Lipinski definition) is 2. The molecular formula is C9H9Br2ClF3NO. The molecule has 8 heteroatoms. The van der Waals surface area contributed by atoms with Crippen LogP contribution in [0.3, 0.4) is 0 Å². The average Bonchev–Trinajstić information content (AvgIpc) is 2.08. The molecule has 0 aliphatic carbocycles. The molecule has 1 aromatic carbocycles. The Balaban J connectivity index is 0.00000256. The van der Waals surface area contributed by atoms with Crippen LogP contribution in [0.25, 0.3) is 0 Å². The van der Waals surface area contributed by atoms with Crippen LogP contribution in [-0.4, -0.2) is 11.3 Å². The summed E-state index contributed by atoms with van der Waals surface area (Å²) in [6.45, 7) is 0. The van der Waals surface area contributed by atoms with Gasteiger partial charge in [-0.2, -0.15) is 13.2 Å². The van der Waals surface area contributed by atoms with Crippen LogP contribution in [0, 0.1) is 0 Å². The van der Waals surface area contributed by atoms with E-state index in [9.17, 15) is 18.3 Å². The van der Waals surface area contributed by atoms with Crippen LogP contribution in [-0.2, 0) is 0 Å². The number of aromatic hydroxyl groups is 1. The zero-order chi connectivity index (χ0) is 12.5. The molecular weight excluding hydrogens is 390 g/mol. The first-order chi connectivity index (χ1) is 7.20. The molecule has 0 saturated heterocycles. The molecule has 98 valence electrons. The van der Waals surface area contributed by atoms with Gasteiger partial charge in [-0.25, -0.2) is 0 Å². The Morgan fingerprint density at radius 3 is 2.29 bits per heavy atom. The first-order valence-electron chi connectivity index (χ1n) is 4.21. The molecule has 3 N–H and O–H groups in total. The van der Waals surface area contributed by atoms with Crippen molar-refractivity contribution < 1.29 is 18.3 Å². The summed E-state index contributed by atoms with van der Waals surface area (Å²) >= 11 is 6.15. The standard InChI is InChI=1S/C9H8Br2F3NO.ClH/c10-4-1-5(8(16)6(11)2-4)7(15)3-9(12,13)14;/h1-2,7,16H,3,15H2;1H/t7-;/m1./s1. The minimum atomic E-state index is -4.36. The fourth-order valence-electron chi connectivity index (χ4n) is 1.23. The Kier molecular flexibility index (Phi) is 6.27. The van der Waals surface area contributed by atoms with Crippen molar-refractivity contribution in [3.63, 3.8) is 0 Å². The SMILES string of the molecule is Cl.N[C@H](CC(F)(F)F)c1cc(Br)cc(Br)c1O. The van der Waals surface area contributed by atoms with Crippen molar-refractivity contribution in [3.05, 3.63) is 26.6 Å². The Morgan fingerprint density at radius 2 is 1.82 bits per heavy atom. The monoisotopic (exact) mass is 397 g/mol. The Bertz CT molecular complexity index is 401. The molecule has 0 aromatic heterocycles. The predicted octanol–water partition coefficient (Wildman–Crippen LogP) is 4.29. The molecule has 0 fully saturated rings. The zero-order valence-corrected chi connectivity index (χ0v) is 12.3. The predicted molar refractivity (Wildman–Crippen MR) is 68.4 cm³/mol. The van der Waals surface area contributed by atoms with Crippen molar-refractivity contribution in [1.29, 1.82) is 0 Å². The van der Waals surface area contributed by atoms with Gasteiger partial charge in [0.25, 0.3) is 0 Å². The number of benzene rings is 1. The minimum absolute atomic E-state index is 0. The molecule has 0 aliphatic heterocycles. The van der Waals surface area contributed by atoms with E-state index in [2.05, 4.69) is 31.9 Å². The van der Waals surface area contributed by atoms with Gasteiger partial charge in [-0.1, -0.05) is 15.9 Å². The summed E-state index contributed by atoms with van der Waals surface area (Å²) in [5, 5.41) is 9.57. The van der Waals surface area contributed by atoms with Crippen molar-refractivity contribution in [2.24, 2.45) is 5.73 Å². The third-order valence-electron chi connectivity index (χ3n) is 1.91. The third kappa shape index (κ3) is 5.03. The maximum absolute atomic E-state index is 12.1. The number of rotatable bonds is 2. The number of phenolic OH excluding ortho intramolecular Hbond substituents is 1. The average molecular weight is 399 g/mol. The van der Waals surface area contributed by atoms with Crippen LogP contribution in [0.5, 0.6) is 5.75 Å². The van der Waals surface area contributed by atoms with Crippen LogP contribution in [0.15, 0.2) is 21.1 Å². The molecule has 0 aliphatic rings. The van der Waals surface area contributed by atoms with E-state index in [1.807, 2.05) is 0 Å².